The van der Waals surface area contributed by atoms with Crippen LogP contribution in [-0.2, 0) is 0 Å². The van der Waals surface area contributed by atoms with E-state index in [0.29, 0.717) is 27.1 Å². The number of hydrogen-bond acceptors (Lipinski definition) is 5. The lowest BCUT2D eigenvalue weighted by Gasteiger charge is -2.37. The van der Waals surface area contributed by atoms with Gasteiger partial charge in [-0.3, -0.25) is 0 Å². The summed E-state index contributed by atoms with van der Waals surface area (Å²) in [5.41, 5.74) is 14.4. The topological polar surface area (TPSA) is 81.1 Å². The molecule has 128 valence electrons. The van der Waals surface area contributed by atoms with Gasteiger partial charge in [-0.2, -0.15) is 0 Å². The van der Waals surface area contributed by atoms with Crippen LogP contribution in [0.4, 0.5) is 11.6 Å². The minimum absolute atomic E-state index is 0.110. The molecule has 5 nitrogen and oxygen atoms in total. The summed E-state index contributed by atoms with van der Waals surface area (Å²) in [5, 5.41) is 0.958. The molecule has 0 unspecified atom stereocenters. The van der Waals surface area contributed by atoms with Crippen LogP contribution in [0.5, 0.6) is 0 Å². The summed E-state index contributed by atoms with van der Waals surface area (Å²) in [6.45, 7) is 5.67. The fourth-order valence-corrected chi connectivity index (χ4v) is 3.30. The van der Waals surface area contributed by atoms with Gasteiger partial charge in [-0.15, -0.1) is 0 Å². The number of aromatic nitrogens is 2. The number of halogens is 2. The van der Waals surface area contributed by atoms with Gasteiger partial charge < -0.3 is 16.4 Å². The highest BCUT2D eigenvalue weighted by Gasteiger charge is 2.27. The van der Waals surface area contributed by atoms with Gasteiger partial charge in [0.2, 0.25) is 0 Å². The zero-order valence-electron chi connectivity index (χ0n) is 13.8. The Kier molecular flexibility index (Phi) is 4.60. The van der Waals surface area contributed by atoms with Gasteiger partial charge in [-0.1, -0.05) is 35.3 Å². The first-order valence-electron chi connectivity index (χ1n) is 7.90. The van der Waals surface area contributed by atoms with Crippen molar-refractivity contribution in [3.63, 3.8) is 0 Å². The fourth-order valence-electron chi connectivity index (χ4n) is 2.83. The van der Waals surface area contributed by atoms with Crippen LogP contribution in [0, 0.1) is 6.92 Å². The van der Waals surface area contributed by atoms with Gasteiger partial charge in [-0.25, -0.2) is 9.97 Å². The molecule has 2 heterocycles. The maximum Gasteiger partial charge on any atom is 0.152 e. The first-order chi connectivity index (χ1) is 11.3. The lowest BCUT2D eigenvalue weighted by molar-refractivity contribution is 0.363. The van der Waals surface area contributed by atoms with Crippen molar-refractivity contribution in [2.45, 2.75) is 32.2 Å². The molecule has 4 N–H and O–H groups in total. The second kappa shape index (κ2) is 6.39. The molecule has 0 bridgehead atoms. The Hall–Kier alpha value is -1.56. The Balaban J connectivity index is 1.90. The summed E-state index contributed by atoms with van der Waals surface area (Å²) in [6.07, 6.45) is 3.56. The molecule has 0 saturated carbocycles. The second-order valence-electron chi connectivity index (χ2n) is 6.66. The molecule has 3 rings (SSSR count). The van der Waals surface area contributed by atoms with Gasteiger partial charge in [0.1, 0.15) is 11.5 Å². The van der Waals surface area contributed by atoms with Crippen molar-refractivity contribution in [2.75, 3.05) is 23.7 Å². The molecule has 0 aliphatic carbocycles. The Morgan fingerprint density at radius 3 is 2.46 bits per heavy atom. The maximum absolute atomic E-state index is 6.35. The molecule has 1 aliphatic rings. The second-order valence-corrected chi connectivity index (χ2v) is 7.42. The van der Waals surface area contributed by atoms with Crippen LogP contribution in [0.25, 0.3) is 11.3 Å². The van der Waals surface area contributed by atoms with E-state index in [4.69, 9.17) is 34.7 Å². The molecule has 1 saturated heterocycles. The first-order valence-corrected chi connectivity index (χ1v) is 8.65. The first kappa shape index (κ1) is 17.3. The van der Waals surface area contributed by atoms with Crippen LogP contribution in [0.15, 0.2) is 18.3 Å². The van der Waals surface area contributed by atoms with Crippen LogP contribution < -0.4 is 16.4 Å². The standard InChI is InChI=1S/C17H21Cl2N5/c1-10-3-4-11(14(19)13(10)18)15-16(20)23-12(9-22-15)24-7-5-17(2,21)6-8-24/h3-4,9H,5-8,21H2,1-2H3,(H2,20,23). The monoisotopic (exact) mass is 365 g/mol. The molecular formula is C17H21Cl2N5. The third kappa shape index (κ3) is 3.29. The van der Waals surface area contributed by atoms with Gasteiger partial charge in [0.05, 0.1) is 16.2 Å². The van der Waals surface area contributed by atoms with Crippen LogP contribution in [0.3, 0.4) is 0 Å². The molecule has 0 atom stereocenters. The average molecular weight is 366 g/mol. The summed E-state index contributed by atoms with van der Waals surface area (Å²) in [6, 6.07) is 3.76. The Labute approximate surface area is 152 Å². The molecule has 1 fully saturated rings. The third-order valence-electron chi connectivity index (χ3n) is 4.55. The van der Waals surface area contributed by atoms with Gasteiger partial charge in [-0.05, 0) is 32.3 Å². The Morgan fingerprint density at radius 2 is 1.83 bits per heavy atom. The van der Waals surface area contributed by atoms with Crippen LogP contribution in [0.1, 0.15) is 25.3 Å². The molecule has 2 aromatic rings. The number of piperidine rings is 1. The SMILES string of the molecule is Cc1ccc(-c2ncc(N3CCC(C)(N)CC3)nc2N)c(Cl)c1Cl. The minimum atomic E-state index is -0.110. The van der Waals surface area contributed by atoms with Crippen LogP contribution in [-0.4, -0.2) is 28.6 Å². The van der Waals surface area contributed by atoms with Gasteiger partial charge in [0.25, 0.3) is 0 Å². The maximum atomic E-state index is 6.35. The highest BCUT2D eigenvalue weighted by atomic mass is 35.5. The van der Waals surface area contributed by atoms with Gasteiger partial charge >= 0.3 is 0 Å². The quantitative estimate of drug-likeness (QED) is 0.848. The molecule has 1 aliphatic heterocycles. The van der Waals surface area contributed by atoms with E-state index in [2.05, 4.69) is 21.8 Å². The van der Waals surface area contributed by atoms with Crippen molar-refractivity contribution in [1.82, 2.24) is 9.97 Å². The van der Waals surface area contributed by atoms with Crippen molar-refractivity contribution >= 4 is 34.8 Å². The van der Waals surface area contributed by atoms with E-state index < -0.39 is 0 Å². The van der Waals surface area contributed by atoms with Gasteiger partial charge in [0, 0.05) is 24.2 Å². The summed E-state index contributed by atoms with van der Waals surface area (Å²) < 4.78 is 0. The predicted molar refractivity (Wildman–Crippen MR) is 101 cm³/mol. The van der Waals surface area contributed by atoms with Crippen molar-refractivity contribution in [2.24, 2.45) is 5.73 Å². The number of rotatable bonds is 2. The third-order valence-corrected chi connectivity index (χ3v) is 5.52. The van der Waals surface area contributed by atoms with E-state index in [1.54, 1.807) is 6.20 Å². The molecule has 0 spiro atoms. The van der Waals surface area contributed by atoms with Crippen molar-refractivity contribution < 1.29 is 0 Å². The van der Waals surface area contributed by atoms with E-state index in [0.717, 1.165) is 37.3 Å². The van der Waals surface area contributed by atoms with Crippen molar-refractivity contribution in [1.29, 1.82) is 0 Å². The zero-order valence-corrected chi connectivity index (χ0v) is 15.3. The number of nitrogens with zero attached hydrogens (tertiary/aromatic N) is 3. The minimum Gasteiger partial charge on any atom is -0.382 e. The Morgan fingerprint density at radius 1 is 1.17 bits per heavy atom. The highest BCUT2D eigenvalue weighted by molar-refractivity contribution is 6.44. The summed E-state index contributed by atoms with van der Waals surface area (Å²) in [5.74, 6) is 1.11. The lowest BCUT2D eigenvalue weighted by Crippen LogP contribution is -2.48. The van der Waals surface area contributed by atoms with E-state index in [-0.39, 0.29) is 5.54 Å². The Bertz CT molecular complexity index is 766. The molecular weight excluding hydrogens is 345 g/mol. The van der Waals surface area contributed by atoms with Gasteiger partial charge in [0.15, 0.2) is 5.82 Å². The summed E-state index contributed by atoms with van der Waals surface area (Å²) in [4.78, 5) is 11.2. The molecule has 0 amide bonds. The average Bonchev–Trinajstić information content (AvgIpc) is 2.53. The van der Waals surface area contributed by atoms with E-state index in [1.807, 2.05) is 19.1 Å². The molecule has 0 radical (unpaired) electrons. The van der Waals surface area contributed by atoms with Crippen molar-refractivity contribution in [3.8, 4) is 11.3 Å². The number of hydrogen-bond donors (Lipinski definition) is 2. The molecule has 1 aromatic carbocycles. The molecule has 1 aromatic heterocycles. The highest BCUT2D eigenvalue weighted by Crippen LogP contribution is 2.37. The van der Waals surface area contributed by atoms with E-state index in [9.17, 15) is 0 Å². The zero-order chi connectivity index (χ0) is 17.5. The number of nitrogens with two attached hydrogens (primary N) is 2. The summed E-state index contributed by atoms with van der Waals surface area (Å²) >= 11 is 12.6. The van der Waals surface area contributed by atoms with Crippen LogP contribution >= 0.6 is 23.2 Å². The summed E-state index contributed by atoms with van der Waals surface area (Å²) in [7, 11) is 0. The molecule has 7 heteroatoms. The molecule has 24 heavy (non-hydrogen) atoms. The number of anilines is 2. The van der Waals surface area contributed by atoms with E-state index >= 15 is 0 Å². The normalized spacial score (nSPS) is 17.1. The number of nitrogen functional groups attached to an aromatic ring is 1. The predicted octanol–water partition coefficient (Wildman–Crippen LogP) is 3.66. The fraction of sp³-hybridized carbons (Fsp3) is 0.412. The van der Waals surface area contributed by atoms with Crippen molar-refractivity contribution in [3.05, 3.63) is 33.9 Å². The smallest absolute Gasteiger partial charge is 0.152 e. The number of benzene rings is 1. The van der Waals surface area contributed by atoms with E-state index in [1.165, 1.54) is 0 Å². The largest absolute Gasteiger partial charge is 0.382 e. The number of aryl methyl sites for hydroxylation is 1. The van der Waals surface area contributed by atoms with Crippen LogP contribution in [0.2, 0.25) is 10.0 Å². The lowest BCUT2D eigenvalue weighted by atomic mass is 9.91.